The van der Waals surface area contributed by atoms with Gasteiger partial charge in [0.25, 0.3) is 0 Å². The van der Waals surface area contributed by atoms with Crippen LogP contribution in [0.1, 0.15) is 59.4 Å². The molecule has 0 radical (unpaired) electrons. The lowest BCUT2D eigenvalue weighted by molar-refractivity contribution is -0.165. The summed E-state index contributed by atoms with van der Waals surface area (Å²) >= 11 is 0. The van der Waals surface area contributed by atoms with Crippen molar-refractivity contribution in [2.45, 2.75) is 78.4 Å². The van der Waals surface area contributed by atoms with E-state index in [1.54, 1.807) is 40.0 Å². The minimum absolute atomic E-state index is 0.0884. The van der Waals surface area contributed by atoms with Gasteiger partial charge >= 0.3 is 17.6 Å². The number of hydrogen-bond acceptors (Lipinski definition) is 8. The molecular weight excluding hydrogens is 392 g/mol. The van der Waals surface area contributed by atoms with Crippen LogP contribution in [0.2, 0.25) is 0 Å². The van der Waals surface area contributed by atoms with Gasteiger partial charge in [0.05, 0.1) is 18.4 Å². The van der Waals surface area contributed by atoms with Crippen molar-refractivity contribution in [3.05, 3.63) is 28.4 Å². The summed E-state index contributed by atoms with van der Waals surface area (Å²) in [6.07, 6.45) is -0.716. The average molecular weight is 424 g/mol. The molecule has 1 N–H and O–H groups in total. The summed E-state index contributed by atoms with van der Waals surface area (Å²) in [5, 5.41) is 10.3. The van der Waals surface area contributed by atoms with Gasteiger partial charge in [-0.2, -0.15) is 4.98 Å². The van der Waals surface area contributed by atoms with Gasteiger partial charge in [0.15, 0.2) is 0 Å². The van der Waals surface area contributed by atoms with Crippen molar-refractivity contribution in [3.8, 4) is 0 Å². The Labute approximate surface area is 176 Å². The van der Waals surface area contributed by atoms with Crippen molar-refractivity contribution in [3.63, 3.8) is 0 Å². The Balaban J connectivity index is 1.95. The van der Waals surface area contributed by atoms with Gasteiger partial charge in [0.2, 0.25) is 0 Å². The molecule has 4 atom stereocenters. The molecule has 9 heteroatoms. The molecule has 0 bridgehead atoms. The Morgan fingerprint density at radius 3 is 2.60 bits per heavy atom. The van der Waals surface area contributed by atoms with Gasteiger partial charge in [-0.25, -0.2) is 4.79 Å². The monoisotopic (exact) mass is 424 g/mol. The number of ether oxygens (including phenoxy) is 3. The summed E-state index contributed by atoms with van der Waals surface area (Å²) in [5.74, 6) is -1.83. The number of carbonyl (C=O) groups is 2. The maximum absolute atomic E-state index is 12.6. The number of aliphatic hydroxyl groups excluding tert-OH is 1. The summed E-state index contributed by atoms with van der Waals surface area (Å²) < 4.78 is 17.7. The molecule has 30 heavy (non-hydrogen) atoms. The Morgan fingerprint density at radius 2 is 2.03 bits per heavy atom. The number of hydrogen-bond donors (Lipinski definition) is 1. The van der Waals surface area contributed by atoms with Crippen LogP contribution in [-0.2, 0) is 23.8 Å². The summed E-state index contributed by atoms with van der Waals surface area (Å²) in [6.45, 7) is 10.5. The van der Waals surface area contributed by atoms with Crippen LogP contribution in [0.5, 0.6) is 0 Å². The van der Waals surface area contributed by atoms with E-state index in [0.29, 0.717) is 5.69 Å². The van der Waals surface area contributed by atoms with Crippen LogP contribution < -0.4 is 5.69 Å². The van der Waals surface area contributed by atoms with Crippen molar-refractivity contribution in [1.29, 1.82) is 0 Å². The lowest BCUT2D eigenvalue weighted by Crippen LogP contribution is -2.33. The molecular formula is C21H32N2O7. The second kappa shape index (κ2) is 9.70. The Morgan fingerprint density at radius 1 is 1.37 bits per heavy atom. The number of aliphatic hydroxyl groups is 1. The van der Waals surface area contributed by atoms with Crippen LogP contribution in [0.25, 0.3) is 0 Å². The molecule has 168 valence electrons. The molecule has 0 saturated carbocycles. The zero-order valence-electron chi connectivity index (χ0n) is 18.5. The maximum atomic E-state index is 12.6. The standard InChI is InChI=1S/C21H32N2O7/c1-12(2)14(9-18(25)30-21(4,5)6)19(26)28-11-16-15(24)10-17(29-16)23-8-7-13(3)22-20(23)27/h7-8,12,14-17,24H,9-11H2,1-6H3/t14?,15-,16-,17-/m0/s1. The first-order valence-electron chi connectivity index (χ1n) is 10.1. The molecule has 0 spiro atoms. The lowest BCUT2D eigenvalue weighted by Gasteiger charge is -2.24. The van der Waals surface area contributed by atoms with Crippen LogP contribution in [0, 0.1) is 18.8 Å². The normalized spacial score (nSPS) is 22.7. The fourth-order valence-corrected chi connectivity index (χ4v) is 3.18. The van der Waals surface area contributed by atoms with Crippen molar-refractivity contribution < 1.29 is 28.9 Å². The molecule has 2 rings (SSSR count). The van der Waals surface area contributed by atoms with Gasteiger partial charge in [-0.3, -0.25) is 14.2 Å². The van der Waals surface area contributed by atoms with Gasteiger partial charge in [-0.1, -0.05) is 13.8 Å². The van der Waals surface area contributed by atoms with Gasteiger partial charge in [-0.15, -0.1) is 0 Å². The third-order valence-corrected chi connectivity index (χ3v) is 4.79. The molecule has 1 aliphatic heterocycles. The second-order valence-corrected chi connectivity index (χ2v) is 8.96. The summed E-state index contributed by atoms with van der Waals surface area (Å²) in [4.78, 5) is 40.6. The maximum Gasteiger partial charge on any atom is 0.349 e. The fraction of sp³-hybridized carbons (Fsp3) is 0.714. The molecule has 0 aromatic carbocycles. The second-order valence-electron chi connectivity index (χ2n) is 8.96. The van der Waals surface area contributed by atoms with Crippen LogP contribution in [-0.4, -0.2) is 51.0 Å². The van der Waals surface area contributed by atoms with Crippen LogP contribution in [0.4, 0.5) is 0 Å². The van der Waals surface area contributed by atoms with Crippen molar-refractivity contribution >= 4 is 11.9 Å². The minimum atomic E-state index is -0.903. The van der Waals surface area contributed by atoms with E-state index in [9.17, 15) is 19.5 Å². The van der Waals surface area contributed by atoms with Crippen molar-refractivity contribution in [2.24, 2.45) is 11.8 Å². The summed E-state index contributed by atoms with van der Waals surface area (Å²) in [7, 11) is 0. The van der Waals surface area contributed by atoms with E-state index in [2.05, 4.69) is 4.98 Å². The smallest absolute Gasteiger partial charge is 0.349 e. The van der Waals surface area contributed by atoms with Gasteiger partial charge < -0.3 is 19.3 Å². The zero-order valence-corrected chi connectivity index (χ0v) is 18.5. The molecule has 1 unspecified atom stereocenters. The van der Waals surface area contributed by atoms with Gasteiger partial charge in [0.1, 0.15) is 24.5 Å². The van der Waals surface area contributed by atoms with Gasteiger partial charge in [0, 0.05) is 18.3 Å². The zero-order chi connectivity index (χ0) is 22.6. The number of rotatable bonds is 7. The van der Waals surface area contributed by atoms with E-state index in [4.69, 9.17) is 14.2 Å². The molecule has 9 nitrogen and oxygen atoms in total. The molecule has 1 aliphatic rings. The molecule has 0 amide bonds. The SMILES string of the molecule is Cc1ccn([C@@H]2C[C@H](O)[C@H](COC(=O)C(CC(=O)OC(C)(C)C)C(C)C)O2)c(=O)n1. The average Bonchev–Trinajstić information content (AvgIpc) is 2.96. The Bertz CT molecular complexity index is 812. The first kappa shape index (κ1) is 24.0. The van der Waals surface area contributed by atoms with Crippen molar-refractivity contribution in [1.82, 2.24) is 9.55 Å². The first-order valence-corrected chi connectivity index (χ1v) is 10.1. The highest BCUT2D eigenvalue weighted by atomic mass is 16.6. The number of aromatic nitrogens is 2. The largest absolute Gasteiger partial charge is 0.463 e. The van der Waals surface area contributed by atoms with Crippen LogP contribution in [0.3, 0.4) is 0 Å². The molecule has 1 aromatic rings. The van der Waals surface area contributed by atoms with E-state index in [-0.39, 0.29) is 25.4 Å². The number of esters is 2. The predicted octanol–water partition coefficient (Wildman–Crippen LogP) is 1.75. The van der Waals surface area contributed by atoms with Crippen LogP contribution >= 0.6 is 0 Å². The molecule has 1 fully saturated rings. The third kappa shape index (κ3) is 6.63. The summed E-state index contributed by atoms with van der Waals surface area (Å²) in [5.41, 5.74) is -0.519. The van der Waals surface area contributed by atoms with E-state index in [1.165, 1.54) is 4.57 Å². The summed E-state index contributed by atoms with van der Waals surface area (Å²) in [6, 6.07) is 1.67. The van der Waals surface area contributed by atoms with Crippen LogP contribution in [0.15, 0.2) is 17.1 Å². The lowest BCUT2D eigenvalue weighted by atomic mass is 9.92. The topological polar surface area (TPSA) is 117 Å². The highest BCUT2D eigenvalue weighted by molar-refractivity contribution is 5.80. The van der Waals surface area contributed by atoms with E-state index < -0.39 is 47.6 Å². The molecule has 1 saturated heterocycles. The fourth-order valence-electron chi connectivity index (χ4n) is 3.18. The Kier molecular flexibility index (Phi) is 7.76. The molecule has 2 heterocycles. The predicted molar refractivity (Wildman–Crippen MR) is 108 cm³/mol. The molecule has 1 aromatic heterocycles. The number of aryl methyl sites for hydroxylation is 1. The highest BCUT2D eigenvalue weighted by Gasteiger charge is 2.37. The molecule has 0 aliphatic carbocycles. The minimum Gasteiger partial charge on any atom is -0.463 e. The number of nitrogens with zero attached hydrogens (tertiary/aromatic N) is 2. The number of carbonyl (C=O) groups excluding carboxylic acids is 2. The van der Waals surface area contributed by atoms with Crippen molar-refractivity contribution in [2.75, 3.05) is 6.61 Å². The third-order valence-electron chi connectivity index (χ3n) is 4.79. The van der Waals surface area contributed by atoms with E-state index in [0.717, 1.165) is 0 Å². The quantitative estimate of drug-likeness (QED) is 0.658. The van der Waals surface area contributed by atoms with Gasteiger partial charge in [-0.05, 0) is 39.7 Å². The highest BCUT2D eigenvalue weighted by Crippen LogP contribution is 2.28. The van der Waals surface area contributed by atoms with E-state index >= 15 is 0 Å². The first-order chi connectivity index (χ1) is 13.9. The Hall–Kier alpha value is -2.26. The van der Waals surface area contributed by atoms with E-state index in [1.807, 2.05) is 13.8 Å².